The molecule has 0 amide bonds. The summed E-state index contributed by atoms with van der Waals surface area (Å²) >= 11 is 0. The van der Waals surface area contributed by atoms with E-state index in [0.29, 0.717) is 35.4 Å². The van der Waals surface area contributed by atoms with E-state index >= 15 is 0 Å². The van der Waals surface area contributed by atoms with Gasteiger partial charge < -0.3 is 9.88 Å². The number of alkyl halides is 15. The van der Waals surface area contributed by atoms with Crippen LogP contribution in [0.1, 0.15) is 39.8 Å². The Kier molecular flexibility index (Phi) is 12.2. The molecule has 0 unspecified atom stereocenters. The van der Waals surface area contributed by atoms with Gasteiger partial charge >= 0.3 is 30.9 Å². The second-order valence-corrected chi connectivity index (χ2v) is 17.3. The number of nitrogens with zero attached hydrogens (tertiary/aromatic N) is 3. The third-order valence-electron chi connectivity index (χ3n) is 12.6. The SMILES string of the molecule is FC(F)(F)C1=CC=CCC1=c1ccc(-n2c3cc(-c4ccc(C(F)(F)F)cc4C(F)(F)F)ccc3c3ccc(-c4ccc(C(F)(F)F)cc4C(F)(F)F)cc32)cc1=C1N=C(c2ccccc2)N=C(c2ccccc2)N1. The maximum atomic E-state index is 14.9. The second-order valence-electron chi connectivity index (χ2n) is 17.3. The van der Waals surface area contributed by atoms with Gasteiger partial charge in [0.2, 0.25) is 0 Å². The van der Waals surface area contributed by atoms with Crippen LogP contribution in [-0.4, -0.2) is 22.4 Å². The normalized spacial score (nSPS) is 16.2. The number of amidine groups is 2. The van der Waals surface area contributed by atoms with Gasteiger partial charge in [0.05, 0.1) is 38.9 Å². The van der Waals surface area contributed by atoms with Crippen molar-refractivity contribution < 1.29 is 65.9 Å². The second kappa shape index (κ2) is 18.2. The first kappa shape index (κ1) is 50.2. The lowest BCUT2D eigenvalue weighted by Gasteiger charge is -2.20. The quantitative estimate of drug-likeness (QED) is 0.172. The summed E-state index contributed by atoms with van der Waals surface area (Å²) in [4.78, 5) is 9.58. The summed E-state index contributed by atoms with van der Waals surface area (Å²) in [6.07, 6.45) is -22.4. The molecule has 1 aliphatic heterocycles. The van der Waals surface area contributed by atoms with Gasteiger partial charge in [-0.2, -0.15) is 65.9 Å². The van der Waals surface area contributed by atoms with Crippen molar-refractivity contribution in [1.82, 2.24) is 9.88 Å². The Morgan fingerprint density at radius 1 is 0.440 bits per heavy atom. The molecule has 4 nitrogen and oxygen atoms in total. The van der Waals surface area contributed by atoms with Gasteiger partial charge in [0, 0.05) is 32.8 Å². The van der Waals surface area contributed by atoms with Crippen LogP contribution in [0.15, 0.2) is 185 Å². The van der Waals surface area contributed by atoms with Gasteiger partial charge in [-0.05, 0) is 88.0 Å². The van der Waals surface area contributed by atoms with Crippen LogP contribution in [0.3, 0.4) is 0 Å². The fourth-order valence-electron chi connectivity index (χ4n) is 9.24. The Balaban J connectivity index is 1.33. The van der Waals surface area contributed by atoms with E-state index in [-0.39, 0.29) is 90.7 Å². The first-order chi connectivity index (χ1) is 35.3. The Morgan fingerprint density at radius 2 is 0.960 bits per heavy atom. The molecule has 380 valence electrons. The number of hydrogen-bond acceptors (Lipinski definition) is 3. The number of hydrogen-bond donors (Lipinski definition) is 1. The van der Waals surface area contributed by atoms with Crippen LogP contribution in [0.4, 0.5) is 65.9 Å². The van der Waals surface area contributed by atoms with Crippen LogP contribution < -0.4 is 15.8 Å². The molecule has 0 fully saturated rings. The van der Waals surface area contributed by atoms with E-state index in [1.54, 1.807) is 60.7 Å². The number of aliphatic imine (C=N–C) groups is 2. The molecule has 2 aliphatic rings. The summed E-state index contributed by atoms with van der Waals surface area (Å²) < 4.78 is 217. The minimum Gasteiger partial charge on any atom is -0.324 e. The summed E-state index contributed by atoms with van der Waals surface area (Å²) in [6.45, 7) is 0. The summed E-state index contributed by atoms with van der Waals surface area (Å²) in [5.74, 6) is 0.306. The molecule has 0 radical (unpaired) electrons. The highest BCUT2D eigenvalue weighted by Crippen LogP contribution is 2.45. The van der Waals surface area contributed by atoms with Gasteiger partial charge in [0.15, 0.2) is 5.84 Å². The zero-order chi connectivity index (χ0) is 53.4. The number of rotatable bonds is 5. The summed E-state index contributed by atoms with van der Waals surface area (Å²) in [5, 5.41) is 3.64. The van der Waals surface area contributed by atoms with E-state index in [2.05, 4.69) is 5.32 Å². The Bertz CT molecular complexity index is 3720. The Hall–Kier alpha value is -8.35. The predicted octanol–water partition coefficient (Wildman–Crippen LogP) is 15.4. The Morgan fingerprint density at radius 3 is 1.45 bits per heavy atom. The minimum atomic E-state index is -5.32. The first-order valence-corrected chi connectivity index (χ1v) is 22.4. The van der Waals surface area contributed by atoms with Gasteiger partial charge in [-0.1, -0.05) is 121 Å². The highest BCUT2D eigenvalue weighted by molar-refractivity contribution is 6.16. The average molecular weight is 1040 g/mol. The molecule has 19 heteroatoms. The molecule has 1 N–H and O–H groups in total. The maximum Gasteiger partial charge on any atom is 0.417 e. The van der Waals surface area contributed by atoms with Crippen molar-refractivity contribution in [3.05, 3.63) is 219 Å². The topological polar surface area (TPSA) is 41.7 Å². The average Bonchev–Trinajstić information content (AvgIpc) is 3.70. The van der Waals surface area contributed by atoms with E-state index in [9.17, 15) is 65.9 Å². The number of aromatic nitrogens is 1. The fraction of sp³-hybridized carbons (Fsp3) is 0.107. The lowest BCUT2D eigenvalue weighted by Crippen LogP contribution is -2.39. The summed E-state index contributed by atoms with van der Waals surface area (Å²) in [7, 11) is 0. The van der Waals surface area contributed by atoms with Crippen molar-refractivity contribution >= 4 is 44.9 Å². The molecule has 2 heterocycles. The zero-order valence-corrected chi connectivity index (χ0v) is 37.9. The van der Waals surface area contributed by atoms with Crippen LogP contribution in [0.25, 0.3) is 61.1 Å². The lowest BCUT2D eigenvalue weighted by atomic mass is 9.94. The zero-order valence-electron chi connectivity index (χ0n) is 37.9. The molecule has 0 saturated carbocycles. The van der Waals surface area contributed by atoms with Crippen molar-refractivity contribution in [3.8, 4) is 27.9 Å². The number of fused-ring (bicyclic) bond motifs is 3. The minimum absolute atomic E-state index is 0.000871. The van der Waals surface area contributed by atoms with E-state index in [1.807, 2.05) is 0 Å². The number of halogens is 15. The van der Waals surface area contributed by atoms with E-state index in [1.165, 1.54) is 71.3 Å². The molecule has 75 heavy (non-hydrogen) atoms. The van der Waals surface area contributed by atoms with E-state index in [4.69, 9.17) is 9.98 Å². The van der Waals surface area contributed by atoms with Crippen LogP contribution in [0, 0.1) is 0 Å². The molecule has 7 aromatic carbocycles. The maximum absolute atomic E-state index is 14.9. The third-order valence-corrected chi connectivity index (χ3v) is 12.6. The van der Waals surface area contributed by atoms with Crippen molar-refractivity contribution in [1.29, 1.82) is 0 Å². The molecule has 0 spiro atoms. The number of nitrogens with one attached hydrogen (secondary N) is 1. The third kappa shape index (κ3) is 9.69. The number of allylic oxidation sites excluding steroid dienone is 4. The van der Waals surface area contributed by atoms with Crippen molar-refractivity contribution in [3.63, 3.8) is 0 Å². The van der Waals surface area contributed by atoms with Crippen LogP contribution >= 0.6 is 0 Å². The molecule has 0 bridgehead atoms. The fourth-order valence-corrected chi connectivity index (χ4v) is 9.24. The molecule has 8 aromatic rings. The first-order valence-electron chi connectivity index (χ1n) is 22.4. The van der Waals surface area contributed by atoms with Crippen molar-refractivity contribution in [2.45, 2.75) is 37.3 Å². The molecule has 0 saturated heterocycles. The number of benzene rings is 7. The summed E-state index contributed by atoms with van der Waals surface area (Å²) in [6, 6.07) is 31.0. The highest BCUT2D eigenvalue weighted by Gasteiger charge is 2.41. The van der Waals surface area contributed by atoms with Crippen LogP contribution in [0.2, 0.25) is 0 Å². The van der Waals surface area contributed by atoms with E-state index in [0.717, 1.165) is 6.08 Å². The smallest absolute Gasteiger partial charge is 0.324 e. The van der Waals surface area contributed by atoms with Gasteiger partial charge in [-0.25, -0.2) is 9.98 Å². The largest absolute Gasteiger partial charge is 0.417 e. The van der Waals surface area contributed by atoms with Gasteiger partial charge in [-0.3, -0.25) is 0 Å². The molecule has 1 aromatic heterocycles. The predicted molar refractivity (Wildman–Crippen MR) is 255 cm³/mol. The van der Waals surface area contributed by atoms with Gasteiger partial charge in [0.1, 0.15) is 11.7 Å². The molecule has 10 rings (SSSR count). The van der Waals surface area contributed by atoms with E-state index < -0.39 is 69.8 Å². The molecule has 0 atom stereocenters. The van der Waals surface area contributed by atoms with Crippen LogP contribution in [0.5, 0.6) is 0 Å². The Labute approximate surface area is 414 Å². The van der Waals surface area contributed by atoms with Crippen molar-refractivity contribution in [2.24, 2.45) is 9.98 Å². The van der Waals surface area contributed by atoms with Gasteiger partial charge in [-0.15, -0.1) is 0 Å². The highest BCUT2D eigenvalue weighted by atomic mass is 19.4. The monoisotopic (exact) mass is 1040 g/mol. The van der Waals surface area contributed by atoms with Gasteiger partial charge in [0.25, 0.3) is 0 Å². The standard InChI is InChI=1S/C56H31F15N4/c57-52(58,59)34-17-22-37(45(27-34)55(66,67)68)32-15-20-41-42-21-16-33(38-23-18-35(53(60,61)62)28-46(38)56(69,70)71)26-48(42)75(47(41)25-32)36-19-24-39(40-13-7-8-14-44(40)54(63,64)65)43(29-36)51-73-49(30-9-3-1-4-10-30)72-50(74-51)31-11-5-2-6-12-31/h1-12,14-29H,13H2,(H,72,73,74). The van der Waals surface area contributed by atoms with Crippen molar-refractivity contribution in [2.75, 3.05) is 0 Å². The molecule has 1 aliphatic carbocycles. The van der Waals surface area contributed by atoms with Crippen LogP contribution in [-0.2, 0) is 24.7 Å². The molecular formula is C56H31F15N4. The molecular weight excluding hydrogens is 1010 g/mol. The lowest BCUT2D eigenvalue weighted by molar-refractivity contribution is -0.144. The summed E-state index contributed by atoms with van der Waals surface area (Å²) in [5.41, 5.74) is -8.46.